The van der Waals surface area contributed by atoms with Crippen molar-refractivity contribution in [1.29, 1.82) is 0 Å². The average Bonchev–Trinajstić information content (AvgIpc) is 2.43. The third-order valence-electron chi connectivity index (χ3n) is 3.17. The van der Waals surface area contributed by atoms with Crippen molar-refractivity contribution in [3.05, 3.63) is 69.7 Å². The maximum atomic E-state index is 5.93. The number of hydrogen-bond acceptors (Lipinski definition) is 2. The molecule has 19 heavy (non-hydrogen) atoms. The quantitative estimate of drug-likeness (QED) is 0.857. The van der Waals surface area contributed by atoms with E-state index in [-0.39, 0.29) is 0 Å². The molecule has 2 aromatic carbocycles. The van der Waals surface area contributed by atoms with Crippen LogP contribution in [0.25, 0.3) is 0 Å². The van der Waals surface area contributed by atoms with Gasteiger partial charge in [-0.15, -0.1) is 11.8 Å². The van der Waals surface area contributed by atoms with Crippen LogP contribution in [0.2, 0.25) is 0 Å². The molecule has 1 atom stereocenters. The third-order valence-corrected chi connectivity index (χ3v) is 5.22. The van der Waals surface area contributed by atoms with Gasteiger partial charge >= 0.3 is 0 Å². The van der Waals surface area contributed by atoms with Crippen LogP contribution >= 0.6 is 27.7 Å². The molecule has 0 saturated carbocycles. The Morgan fingerprint density at radius 3 is 2.47 bits per heavy atom. The normalized spacial score (nSPS) is 12.4. The molecule has 0 fully saturated rings. The molecule has 0 aromatic heterocycles. The zero-order chi connectivity index (χ0) is 13.7. The SMILES string of the molecule is Cc1ccccc1CSC(CN)c1ccccc1Br. The van der Waals surface area contributed by atoms with Crippen LogP contribution in [-0.2, 0) is 5.75 Å². The number of thioether (sulfide) groups is 1. The molecule has 0 saturated heterocycles. The first-order valence-electron chi connectivity index (χ1n) is 6.33. The van der Waals surface area contributed by atoms with Crippen molar-refractivity contribution >= 4 is 27.7 Å². The van der Waals surface area contributed by atoms with Gasteiger partial charge in [0.1, 0.15) is 0 Å². The Labute approximate surface area is 127 Å². The molecule has 0 aliphatic carbocycles. The monoisotopic (exact) mass is 335 g/mol. The first kappa shape index (κ1) is 14.6. The van der Waals surface area contributed by atoms with E-state index in [1.165, 1.54) is 16.7 Å². The van der Waals surface area contributed by atoms with Crippen LogP contribution in [-0.4, -0.2) is 6.54 Å². The molecule has 1 unspecified atom stereocenters. The predicted octanol–water partition coefficient (Wildman–Crippen LogP) is 4.69. The van der Waals surface area contributed by atoms with Gasteiger partial charge in [-0.2, -0.15) is 0 Å². The molecule has 100 valence electrons. The van der Waals surface area contributed by atoms with E-state index in [0.717, 1.165) is 10.2 Å². The van der Waals surface area contributed by atoms with Crippen LogP contribution < -0.4 is 5.73 Å². The Hall–Kier alpha value is -0.770. The van der Waals surface area contributed by atoms with Crippen molar-refractivity contribution in [2.75, 3.05) is 6.54 Å². The van der Waals surface area contributed by atoms with Crippen LogP contribution in [0.3, 0.4) is 0 Å². The minimum atomic E-state index is 0.329. The maximum Gasteiger partial charge on any atom is 0.0434 e. The first-order chi connectivity index (χ1) is 9.22. The second kappa shape index (κ2) is 7.13. The predicted molar refractivity (Wildman–Crippen MR) is 88.4 cm³/mol. The summed E-state index contributed by atoms with van der Waals surface area (Å²) in [5, 5.41) is 0.329. The zero-order valence-corrected chi connectivity index (χ0v) is 13.4. The fourth-order valence-corrected chi connectivity index (χ4v) is 3.92. The van der Waals surface area contributed by atoms with Crippen molar-refractivity contribution < 1.29 is 0 Å². The lowest BCUT2D eigenvalue weighted by atomic mass is 10.1. The van der Waals surface area contributed by atoms with Crippen LogP contribution in [0.4, 0.5) is 0 Å². The Balaban J connectivity index is 2.09. The molecule has 2 N–H and O–H groups in total. The van der Waals surface area contributed by atoms with Crippen molar-refractivity contribution in [2.45, 2.75) is 17.9 Å². The standard InChI is InChI=1S/C16H18BrNS/c1-12-6-2-3-7-13(12)11-19-16(10-18)14-8-4-5-9-15(14)17/h2-9,16H,10-11,18H2,1H3. The number of hydrogen-bond donors (Lipinski definition) is 1. The Morgan fingerprint density at radius 1 is 1.11 bits per heavy atom. The van der Waals surface area contributed by atoms with Gasteiger partial charge in [0.15, 0.2) is 0 Å². The van der Waals surface area contributed by atoms with Crippen LogP contribution in [0.1, 0.15) is 21.9 Å². The van der Waals surface area contributed by atoms with E-state index in [9.17, 15) is 0 Å². The molecule has 0 spiro atoms. The number of aryl methyl sites for hydroxylation is 1. The minimum Gasteiger partial charge on any atom is -0.329 e. The van der Waals surface area contributed by atoms with E-state index >= 15 is 0 Å². The van der Waals surface area contributed by atoms with Gasteiger partial charge in [0.05, 0.1) is 0 Å². The smallest absolute Gasteiger partial charge is 0.0434 e. The van der Waals surface area contributed by atoms with E-state index in [2.05, 4.69) is 65.3 Å². The Bertz CT molecular complexity index is 542. The average molecular weight is 336 g/mol. The van der Waals surface area contributed by atoms with Gasteiger partial charge in [0.2, 0.25) is 0 Å². The van der Waals surface area contributed by atoms with E-state index < -0.39 is 0 Å². The summed E-state index contributed by atoms with van der Waals surface area (Å²) >= 11 is 5.51. The van der Waals surface area contributed by atoms with Crippen molar-refractivity contribution in [1.82, 2.24) is 0 Å². The summed E-state index contributed by atoms with van der Waals surface area (Å²) in [6.45, 7) is 2.81. The molecule has 3 heteroatoms. The van der Waals surface area contributed by atoms with Gasteiger partial charge in [0.25, 0.3) is 0 Å². The molecule has 2 aromatic rings. The topological polar surface area (TPSA) is 26.0 Å². The summed E-state index contributed by atoms with van der Waals surface area (Å²) in [6.07, 6.45) is 0. The third kappa shape index (κ3) is 3.85. The lowest BCUT2D eigenvalue weighted by Gasteiger charge is -2.17. The highest BCUT2D eigenvalue weighted by atomic mass is 79.9. The highest BCUT2D eigenvalue weighted by Gasteiger charge is 2.13. The Kier molecular flexibility index (Phi) is 5.49. The van der Waals surface area contributed by atoms with Gasteiger partial charge in [0, 0.05) is 22.0 Å². The Morgan fingerprint density at radius 2 is 1.79 bits per heavy atom. The molecule has 1 nitrogen and oxygen atoms in total. The number of benzene rings is 2. The molecular formula is C16H18BrNS. The van der Waals surface area contributed by atoms with Crippen molar-refractivity contribution in [3.8, 4) is 0 Å². The van der Waals surface area contributed by atoms with Gasteiger partial charge in [-0.25, -0.2) is 0 Å². The number of halogens is 1. The van der Waals surface area contributed by atoms with E-state index in [4.69, 9.17) is 5.73 Å². The number of nitrogens with two attached hydrogens (primary N) is 1. The summed E-state index contributed by atoms with van der Waals surface area (Å²) < 4.78 is 1.14. The van der Waals surface area contributed by atoms with Gasteiger partial charge in [-0.3, -0.25) is 0 Å². The number of rotatable bonds is 5. The second-order valence-electron chi connectivity index (χ2n) is 4.48. The molecule has 0 aliphatic rings. The van der Waals surface area contributed by atoms with Crippen LogP contribution in [0.15, 0.2) is 53.0 Å². The first-order valence-corrected chi connectivity index (χ1v) is 8.17. The van der Waals surface area contributed by atoms with Crippen LogP contribution in [0, 0.1) is 6.92 Å². The highest BCUT2D eigenvalue weighted by molar-refractivity contribution is 9.10. The van der Waals surface area contributed by atoms with E-state index in [0.29, 0.717) is 11.8 Å². The minimum absolute atomic E-state index is 0.329. The summed E-state index contributed by atoms with van der Waals surface area (Å²) in [6, 6.07) is 16.8. The lowest BCUT2D eigenvalue weighted by Crippen LogP contribution is -2.10. The van der Waals surface area contributed by atoms with E-state index in [1.807, 2.05) is 17.8 Å². The summed E-state index contributed by atoms with van der Waals surface area (Å²) in [7, 11) is 0. The lowest BCUT2D eigenvalue weighted by molar-refractivity contribution is 0.935. The maximum absolute atomic E-state index is 5.93. The zero-order valence-electron chi connectivity index (χ0n) is 11.0. The molecule has 0 bridgehead atoms. The molecule has 0 radical (unpaired) electrons. The molecule has 0 heterocycles. The van der Waals surface area contributed by atoms with Crippen LogP contribution in [0.5, 0.6) is 0 Å². The summed E-state index contributed by atoms with van der Waals surface area (Å²) in [5.74, 6) is 0.996. The second-order valence-corrected chi connectivity index (χ2v) is 6.53. The van der Waals surface area contributed by atoms with Gasteiger partial charge in [-0.1, -0.05) is 58.4 Å². The molecular weight excluding hydrogens is 318 g/mol. The summed E-state index contributed by atoms with van der Waals surface area (Å²) in [5.41, 5.74) is 9.95. The van der Waals surface area contributed by atoms with Gasteiger partial charge < -0.3 is 5.73 Å². The van der Waals surface area contributed by atoms with Gasteiger partial charge in [-0.05, 0) is 29.7 Å². The molecule has 0 aliphatic heterocycles. The van der Waals surface area contributed by atoms with E-state index in [1.54, 1.807) is 0 Å². The fourth-order valence-electron chi connectivity index (χ4n) is 1.98. The van der Waals surface area contributed by atoms with Crippen molar-refractivity contribution in [2.24, 2.45) is 5.73 Å². The molecule has 2 rings (SSSR count). The van der Waals surface area contributed by atoms with Crippen molar-refractivity contribution in [3.63, 3.8) is 0 Å². The largest absolute Gasteiger partial charge is 0.329 e. The molecule has 0 amide bonds. The fraction of sp³-hybridized carbons (Fsp3) is 0.250. The highest BCUT2D eigenvalue weighted by Crippen LogP contribution is 2.35. The summed E-state index contributed by atoms with van der Waals surface area (Å²) in [4.78, 5) is 0.